The zero-order valence-electron chi connectivity index (χ0n) is 11.6. The summed E-state index contributed by atoms with van der Waals surface area (Å²) in [5, 5.41) is 9.36. The van der Waals surface area contributed by atoms with Gasteiger partial charge in [0.2, 0.25) is 0 Å². The van der Waals surface area contributed by atoms with Gasteiger partial charge in [-0.05, 0) is 12.1 Å². The van der Waals surface area contributed by atoms with E-state index in [9.17, 15) is 0 Å². The van der Waals surface area contributed by atoms with E-state index in [0.29, 0.717) is 21.8 Å². The highest BCUT2D eigenvalue weighted by Crippen LogP contribution is 2.27. The fourth-order valence-corrected chi connectivity index (χ4v) is 2.05. The molecule has 1 aromatic carbocycles. The third-order valence-corrected chi connectivity index (χ3v) is 3.64. The van der Waals surface area contributed by atoms with Gasteiger partial charge >= 0.3 is 0 Å². The van der Waals surface area contributed by atoms with Crippen molar-refractivity contribution >= 4 is 42.8 Å². The second-order valence-electron chi connectivity index (χ2n) is 5.20. The molecule has 0 fully saturated rings. The molecule has 0 radical (unpaired) electrons. The van der Waals surface area contributed by atoms with Crippen LogP contribution in [0.2, 0.25) is 24.7 Å². The van der Waals surface area contributed by atoms with E-state index in [1.165, 1.54) is 0 Å². The molecule has 6 heteroatoms. The molecule has 0 saturated carbocycles. The van der Waals surface area contributed by atoms with Crippen molar-refractivity contribution in [3.63, 3.8) is 0 Å². The Kier molecular flexibility index (Phi) is 5.65. The van der Waals surface area contributed by atoms with Gasteiger partial charge in [-0.3, -0.25) is 0 Å². The van der Waals surface area contributed by atoms with E-state index < -0.39 is 8.07 Å². The van der Waals surface area contributed by atoms with Crippen molar-refractivity contribution < 1.29 is 0 Å². The van der Waals surface area contributed by atoms with Gasteiger partial charge in [-0.2, -0.15) is 5.26 Å². The van der Waals surface area contributed by atoms with E-state index in [2.05, 4.69) is 36.1 Å². The summed E-state index contributed by atoms with van der Waals surface area (Å²) in [5.41, 5.74) is 10.4. The van der Waals surface area contributed by atoms with Gasteiger partial charge in [0.05, 0.1) is 27.7 Å². The van der Waals surface area contributed by atoms with Crippen LogP contribution in [-0.2, 0) is 0 Å². The molecule has 3 nitrogen and oxygen atoms in total. The Bertz CT molecular complexity index is 643. The Labute approximate surface area is 130 Å². The molecule has 0 aliphatic carbocycles. The van der Waals surface area contributed by atoms with Gasteiger partial charge in [0.25, 0.3) is 0 Å². The van der Waals surface area contributed by atoms with Gasteiger partial charge in [-0.25, -0.2) is 4.99 Å². The zero-order valence-corrected chi connectivity index (χ0v) is 14.1. The lowest BCUT2D eigenvalue weighted by Crippen LogP contribution is -2.16. The smallest absolute Gasteiger partial charge is 0.129 e. The molecule has 0 atom stereocenters. The first-order valence-electron chi connectivity index (χ1n) is 5.92. The summed E-state index contributed by atoms with van der Waals surface area (Å²) in [6, 6.07) is 5.26. The molecule has 2 N–H and O–H groups in total. The standard InChI is InChI=1S/C14H15Cl2N3Si/c1-20(2,3)5-4-10-6-11(9-17)12(16)7-13(10)19-14(18)8-15/h6-7H,8H2,1-3H3,(H2,18,19). The summed E-state index contributed by atoms with van der Waals surface area (Å²) in [5.74, 6) is 3.49. The molecule has 0 heterocycles. The van der Waals surface area contributed by atoms with Gasteiger partial charge in [0.15, 0.2) is 0 Å². The normalized spacial score (nSPS) is 11.5. The summed E-state index contributed by atoms with van der Waals surface area (Å²) in [6.45, 7) is 6.41. The van der Waals surface area contributed by atoms with Crippen molar-refractivity contribution in [2.75, 3.05) is 5.88 Å². The topological polar surface area (TPSA) is 62.2 Å². The number of benzene rings is 1. The first-order valence-corrected chi connectivity index (χ1v) is 10.3. The fraction of sp³-hybridized carbons (Fsp3) is 0.286. The Balaban J connectivity index is 3.45. The molecule has 0 saturated heterocycles. The van der Waals surface area contributed by atoms with Crippen LogP contribution in [-0.4, -0.2) is 19.8 Å². The van der Waals surface area contributed by atoms with E-state index >= 15 is 0 Å². The Hall–Kier alpha value is -1.46. The van der Waals surface area contributed by atoms with Crippen LogP contribution < -0.4 is 5.73 Å². The predicted molar refractivity (Wildman–Crippen MR) is 88.4 cm³/mol. The lowest BCUT2D eigenvalue weighted by Gasteiger charge is -2.06. The van der Waals surface area contributed by atoms with E-state index in [-0.39, 0.29) is 11.7 Å². The molecule has 0 amide bonds. The number of halogens is 2. The van der Waals surface area contributed by atoms with Crippen LogP contribution in [0.4, 0.5) is 5.69 Å². The second kappa shape index (κ2) is 6.81. The average Bonchev–Trinajstić information content (AvgIpc) is 2.36. The highest BCUT2D eigenvalue weighted by atomic mass is 35.5. The molecular formula is C14H15Cl2N3Si. The van der Waals surface area contributed by atoms with Crippen LogP contribution in [0.25, 0.3) is 0 Å². The van der Waals surface area contributed by atoms with Crippen LogP contribution in [0.15, 0.2) is 17.1 Å². The maximum absolute atomic E-state index is 9.03. The molecule has 20 heavy (non-hydrogen) atoms. The second-order valence-corrected chi connectivity index (χ2v) is 10.6. The quantitative estimate of drug-likeness (QED) is 0.297. The number of rotatable bonds is 2. The van der Waals surface area contributed by atoms with Crippen molar-refractivity contribution in [1.29, 1.82) is 5.26 Å². The van der Waals surface area contributed by atoms with Crippen LogP contribution >= 0.6 is 23.2 Å². The van der Waals surface area contributed by atoms with Gasteiger partial charge in [0.1, 0.15) is 20.0 Å². The van der Waals surface area contributed by atoms with Gasteiger partial charge in [-0.1, -0.05) is 37.2 Å². The highest BCUT2D eigenvalue weighted by molar-refractivity contribution is 6.83. The van der Waals surface area contributed by atoms with E-state index in [1.807, 2.05) is 6.07 Å². The largest absolute Gasteiger partial charge is 0.386 e. The minimum absolute atomic E-state index is 0.124. The van der Waals surface area contributed by atoms with Crippen molar-refractivity contribution in [2.24, 2.45) is 10.7 Å². The Morgan fingerprint density at radius 2 is 2.00 bits per heavy atom. The number of hydrogen-bond donors (Lipinski definition) is 1. The molecule has 104 valence electrons. The fourth-order valence-electron chi connectivity index (χ4n) is 1.28. The number of amidine groups is 1. The SMILES string of the molecule is C[Si](C)(C)C#Cc1cc(C#N)c(Cl)cc1N=C(N)CCl. The van der Waals surface area contributed by atoms with Crippen molar-refractivity contribution in [2.45, 2.75) is 19.6 Å². The van der Waals surface area contributed by atoms with Crippen molar-refractivity contribution in [3.8, 4) is 17.5 Å². The van der Waals surface area contributed by atoms with Crippen LogP contribution in [0, 0.1) is 22.8 Å². The predicted octanol–water partition coefficient (Wildman–Crippen LogP) is 3.67. The third kappa shape index (κ3) is 4.90. The maximum Gasteiger partial charge on any atom is 0.129 e. The Morgan fingerprint density at radius 3 is 2.50 bits per heavy atom. The molecule has 0 spiro atoms. The number of alkyl halides is 1. The molecule has 1 rings (SSSR count). The van der Waals surface area contributed by atoms with E-state index in [0.717, 1.165) is 0 Å². The molecule has 0 bridgehead atoms. The van der Waals surface area contributed by atoms with E-state index in [4.69, 9.17) is 34.2 Å². The number of nitriles is 1. The zero-order chi connectivity index (χ0) is 15.3. The lowest BCUT2D eigenvalue weighted by atomic mass is 10.1. The number of aliphatic imine (C=N–C) groups is 1. The van der Waals surface area contributed by atoms with Crippen LogP contribution in [0.3, 0.4) is 0 Å². The van der Waals surface area contributed by atoms with Gasteiger partial charge < -0.3 is 5.73 Å². The van der Waals surface area contributed by atoms with Gasteiger partial charge in [0, 0.05) is 0 Å². The van der Waals surface area contributed by atoms with Gasteiger partial charge in [-0.15, -0.1) is 17.1 Å². The first kappa shape index (κ1) is 16.6. The van der Waals surface area contributed by atoms with Crippen molar-refractivity contribution in [1.82, 2.24) is 0 Å². The molecule has 0 aromatic heterocycles. The molecule has 1 aromatic rings. The molecule has 0 aliphatic heterocycles. The minimum Gasteiger partial charge on any atom is -0.386 e. The molecular weight excluding hydrogens is 309 g/mol. The highest BCUT2D eigenvalue weighted by Gasteiger charge is 2.10. The number of nitrogens with zero attached hydrogens (tertiary/aromatic N) is 2. The third-order valence-electron chi connectivity index (χ3n) is 2.18. The summed E-state index contributed by atoms with van der Waals surface area (Å²) >= 11 is 11.6. The molecule has 0 unspecified atom stereocenters. The summed E-state index contributed by atoms with van der Waals surface area (Å²) in [7, 11) is -1.54. The minimum atomic E-state index is -1.54. The van der Waals surface area contributed by atoms with E-state index in [1.54, 1.807) is 12.1 Å². The number of nitrogens with two attached hydrogens (primary N) is 1. The van der Waals surface area contributed by atoms with Crippen LogP contribution in [0.5, 0.6) is 0 Å². The lowest BCUT2D eigenvalue weighted by molar-refractivity contribution is 1.41. The number of hydrogen-bond acceptors (Lipinski definition) is 2. The monoisotopic (exact) mass is 323 g/mol. The first-order chi connectivity index (χ1) is 9.26. The summed E-state index contributed by atoms with van der Waals surface area (Å²) in [4.78, 5) is 4.20. The summed E-state index contributed by atoms with van der Waals surface area (Å²) < 4.78 is 0. The van der Waals surface area contributed by atoms with Crippen molar-refractivity contribution in [3.05, 3.63) is 28.3 Å². The Morgan fingerprint density at radius 1 is 1.35 bits per heavy atom. The average molecular weight is 324 g/mol. The maximum atomic E-state index is 9.03. The summed E-state index contributed by atoms with van der Waals surface area (Å²) in [6.07, 6.45) is 0. The van der Waals surface area contributed by atoms with Crippen LogP contribution in [0.1, 0.15) is 11.1 Å². The molecule has 0 aliphatic rings.